The molecule has 0 bridgehead atoms. The first-order chi connectivity index (χ1) is 6.21. The lowest BCUT2D eigenvalue weighted by Gasteiger charge is -2.19. The lowest BCUT2D eigenvalue weighted by Crippen LogP contribution is -2.10. The van der Waals surface area contributed by atoms with E-state index in [0.29, 0.717) is 4.90 Å². The van der Waals surface area contributed by atoms with Crippen LogP contribution in [0.3, 0.4) is 0 Å². The van der Waals surface area contributed by atoms with E-state index < -0.39 is 9.73 Å². The van der Waals surface area contributed by atoms with Gasteiger partial charge in [0.1, 0.15) is 0 Å². The van der Waals surface area contributed by atoms with E-state index in [1.54, 1.807) is 12.1 Å². The SMILES string of the molecule is CC(C)(C)c1ccc(S(C)(=N)=O)cc1. The van der Waals surface area contributed by atoms with Gasteiger partial charge in [-0.15, -0.1) is 0 Å². The second kappa shape index (κ2) is 3.39. The Labute approximate surface area is 86.3 Å². The predicted octanol–water partition coefficient (Wildman–Crippen LogP) is 3.02. The van der Waals surface area contributed by atoms with Crippen LogP contribution in [0.1, 0.15) is 26.3 Å². The van der Waals surface area contributed by atoms with E-state index in [0.717, 1.165) is 0 Å². The van der Waals surface area contributed by atoms with Gasteiger partial charge in [0.05, 0.1) is 9.73 Å². The third-order valence-electron chi connectivity index (χ3n) is 2.17. The van der Waals surface area contributed by atoms with Crippen LogP contribution in [0.4, 0.5) is 0 Å². The van der Waals surface area contributed by atoms with Crippen LogP contribution in [-0.4, -0.2) is 10.5 Å². The van der Waals surface area contributed by atoms with Crippen molar-refractivity contribution >= 4 is 9.73 Å². The van der Waals surface area contributed by atoms with Crippen LogP contribution >= 0.6 is 0 Å². The minimum Gasteiger partial charge on any atom is -0.249 e. The van der Waals surface area contributed by atoms with Crippen molar-refractivity contribution in [3.63, 3.8) is 0 Å². The maximum Gasteiger partial charge on any atom is 0.0696 e. The van der Waals surface area contributed by atoms with Crippen molar-refractivity contribution in [3.05, 3.63) is 29.8 Å². The van der Waals surface area contributed by atoms with Gasteiger partial charge in [-0.05, 0) is 23.1 Å². The Morgan fingerprint density at radius 2 is 1.57 bits per heavy atom. The van der Waals surface area contributed by atoms with Crippen LogP contribution in [0.5, 0.6) is 0 Å². The molecule has 0 heterocycles. The molecular weight excluding hydrogens is 194 g/mol. The van der Waals surface area contributed by atoms with Crippen molar-refractivity contribution in [2.45, 2.75) is 31.1 Å². The molecule has 1 aromatic rings. The maximum atomic E-state index is 11.4. The van der Waals surface area contributed by atoms with Crippen molar-refractivity contribution in [2.24, 2.45) is 0 Å². The van der Waals surface area contributed by atoms with Crippen LogP contribution in [0.15, 0.2) is 29.2 Å². The average Bonchev–Trinajstić information content (AvgIpc) is 2.01. The fourth-order valence-corrected chi connectivity index (χ4v) is 1.87. The molecular formula is C11H17NOS. The van der Waals surface area contributed by atoms with Gasteiger partial charge < -0.3 is 0 Å². The molecule has 1 unspecified atom stereocenters. The van der Waals surface area contributed by atoms with Gasteiger partial charge >= 0.3 is 0 Å². The second-order valence-corrected chi connectivity index (χ2v) is 6.78. The molecule has 2 nitrogen and oxygen atoms in total. The van der Waals surface area contributed by atoms with Crippen molar-refractivity contribution in [2.75, 3.05) is 6.26 Å². The highest BCUT2D eigenvalue weighted by atomic mass is 32.2. The van der Waals surface area contributed by atoms with Gasteiger partial charge in [0.2, 0.25) is 0 Å². The van der Waals surface area contributed by atoms with Crippen molar-refractivity contribution < 1.29 is 4.21 Å². The van der Waals surface area contributed by atoms with E-state index in [1.807, 2.05) is 12.1 Å². The molecule has 0 saturated carbocycles. The minimum atomic E-state index is -2.57. The molecule has 0 aliphatic carbocycles. The Balaban J connectivity index is 3.14. The monoisotopic (exact) mass is 211 g/mol. The summed E-state index contributed by atoms with van der Waals surface area (Å²) in [6, 6.07) is 7.48. The van der Waals surface area contributed by atoms with Crippen LogP contribution < -0.4 is 0 Å². The molecule has 0 spiro atoms. The summed E-state index contributed by atoms with van der Waals surface area (Å²) in [5, 5.41) is 0. The van der Waals surface area contributed by atoms with E-state index in [2.05, 4.69) is 20.8 Å². The molecule has 1 aromatic carbocycles. The number of hydrogen-bond donors (Lipinski definition) is 1. The molecule has 0 amide bonds. The molecule has 14 heavy (non-hydrogen) atoms. The van der Waals surface area contributed by atoms with Crippen LogP contribution in [0.25, 0.3) is 0 Å². The van der Waals surface area contributed by atoms with Crippen LogP contribution in [-0.2, 0) is 15.1 Å². The van der Waals surface area contributed by atoms with E-state index in [9.17, 15) is 4.21 Å². The number of nitrogens with one attached hydrogen (secondary N) is 1. The number of rotatable bonds is 1. The Morgan fingerprint density at radius 3 is 1.86 bits per heavy atom. The molecule has 1 rings (SSSR count). The molecule has 78 valence electrons. The zero-order chi connectivity index (χ0) is 11.0. The topological polar surface area (TPSA) is 40.9 Å². The van der Waals surface area contributed by atoms with Crippen LogP contribution in [0.2, 0.25) is 0 Å². The highest BCUT2D eigenvalue weighted by molar-refractivity contribution is 7.91. The fraction of sp³-hybridized carbons (Fsp3) is 0.455. The fourth-order valence-electron chi connectivity index (χ4n) is 1.21. The van der Waals surface area contributed by atoms with E-state index in [-0.39, 0.29) is 5.41 Å². The summed E-state index contributed by atoms with van der Waals surface area (Å²) in [5.74, 6) is 0. The van der Waals surface area contributed by atoms with Gasteiger partial charge in [-0.2, -0.15) is 0 Å². The zero-order valence-corrected chi connectivity index (χ0v) is 9.94. The highest BCUT2D eigenvalue weighted by Crippen LogP contribution is 2.23. The maximum absolute atomic E-state index is 11.4. The molecule has 0 aromatic heterocycles. The number of hydrogen-bond acceptors (Lipinski definition) is 2. The first kappa shape index (κ1) is 11.2. The second-order valence-electron chi connectivity index (χ2n) is 4.62. The van der Waals surface area contributed by atoms with Crippen molar-refractivity contribution in [1.29, 1.82) is 4.78 Å². The van der Waals surface area contributed by atoms with Gasteiger partial charge in [-0.3, -0.25) is 0 Å². The summed E-state index contributed by atoms with van der Waals surface area (Å²) in [6.07, 6.45) is 1.44. The molecule has 1 N–H and O–H groups in total. The van der Waals surface area contributed by atoms with Gasteiger partial charge in [0.25, 0.3) is 0 Å². The first-order valence-corrected chi connectivity index (χ1v) is 6.52. The average molecular weight is 211 g/mol. The van der Waals surface area contributed by atoms with Gasteiger partial charge in [0, 0.05) is 11.2 Å². The summed E-state index contributed by atoms with van der Waals surface area (Å²) in [4.78, 5) is 0.602. The number of benzene rings is 1. The zero-order valence-electron chi connectivity index (χ0n) is 9.13. The quantitative estimate of drug-likeness (QED) is 0.762. The Morgan fingerprint density at radius 1 is 1.14 bits per heavy atom. The third-order valence-corrected chi connectivity index (χ3v) is 3.34. The normalized spacial score (nSPS) is 16.3. The summed E-state index contributed by atoms with van der Waals surface area (Å²) in [5.41, 5.74) is 1.31. The van der Waals surface area contributed by atoms with Gasteiger partial charge in [-0.25, -0.2) is 8.99 Å². The molecule has 0 saturated heterocycles. The summed E-state index contributed by atoms with van der Waals surface area (Å²) in [6.45, 7) is 6.39. The molecule has 0 fully saturated rings. The lowest BCUT2D eigenvalue weighted by molar-refractivity contribution is 0.589. The van der Waals surface area contributed by atoms with E-state index in [1.165, 1.54) is 11.8 Å². The Hall–Kier alpha value is -0.830. The van der Waals surface area contributed by atoms with Crippen molar-refractivity contribution in [3.8, 4) is 0 Å². The molecule has 0 aliphatic rings. The Bertz CT molecular complexity index is 410. The Kier molecular flexibility index (Phi) is 2.72. The smallest absolute Gasteiger partial charge is 0.0696 e. The van der Waals surface area contributed by atoms with E-state index >= 15 is 0 Å². The van der Waals surface area contributed by atoms with Crippen LogP contribution in [0, 0.1) is 4.78 Å². The standard InChI is InChI=1S/C11H17NOS/c1-11(2,3)9-5-7-10(8-6-9)14(4,12)13/h5-8,12H,1-4H3. The lowest BCUT2D eigenvalue weighted by atomic mass is 9.87. The predicted molar refractivity (Wildman–Crippen MR) is 60.2 cm³/mol. The first-order valence-electron chi connectivity index (χ1n) is 4.55. The summed E-state index contributed by atoms with van der Waals surface area (Å²) in [7, 11) is -2.57. The van der Waals surface area contributed by atoms with E-state index in [4.69, 9.17) is 4.78 Å². The van der Waals surface area contributed by atoms with Crippen molar-refractivity contribution in [1.82, 2.24) is 0 Å². The molecule has 0 aliphatic heterocycles. The largest absolute Gasteiger partial charge is 0.249 e. The molecule has 0 radical (unpaired) electrons. The third kappa shape index (κ3) is 2.58. The minimum absolute atomic E-state index is 0.106. The summed E-state index contributed by atoms with van der Waals surface area (Å²) < 4.78 is 18.8. The highest BCUT2D eigenvalue weighted by Gasteiger charge is 2.13. The molecule has 1 atom stereocenters. The van der Waals surface area contributed by atoms with Gasteiger partial charge in [-0.1, -0.05) is 32.9 Å². The molecule has 3 heteroatoms. The van der Waals surface area contributed by atoms with Gasteiger partial charge in [0.15, 0.2) is 0 Å². The summed E-state index contributed by atoms with van der Waals surface area (Å²) >= 11 is 0.